The smallest absolute Gasteiger partial charge is 0.261 e. The summed E-state index contributed by atoms with van der Waals surface area (Å²) < 4.78 is 0.901. The van der Waals surface area contributed by atoms with Crippen molar-refractivity contribution >= 4 is 39.1 Å². The Bertz CT molecular complexity index is 759. The Hall–Kier alpha value is -1.66. The van der Waals surface area contributed by atoms with Gasteiger partial charge in [-0.05, 0) is 59.0 Å². The molecule has 0 saturated carbocycles. The first-order valence-corrected chi connectivity index (χ1v) is 9.56. The summed E-state index contributed by atoms with van der Waals surface area (Å²) in [6, 6.07) is 11.9. The quantitative estimate of drug-likeness (QED) is 0.836. The summed E-state index contributed by atoms with van der Waals surface area (Å²) in [5.74, 6) is -0.226. The average Bonchev–Trinajstić information content (AvgIpc) is 3.22. The van der Waals surface area contributed by atoms with Crippen molar-refractivity contribution in [1.29, 1.82) is 0 Å². The predicted octanol–water partition coefficient (Wildman–Crippen LogP) is 3.91. The molecule has 1 aromatic carbocycles. The Morgan fingerprint density at radius 2 is 2.08 bits per heavy atom. The summed E-state index contributed by atoms with van der Waals surface area (Å²) in [6.07, 6.45) is 1.97. The standard InChI is InChI=1S/C18H19BrN2O2S/c1-12-5-2-3-6-13(12)14-7-4-10-21(14)17(22)11-20-18(23)15-8-9-16(19)24-15/h2-3,5-6,8-9,14H,4,7,10-11H2,1H3,(H,20,23). The molecule has 1 atom stereocenters. The van der Waals surface area contributed by atoms with Gasteiger partial charge in [-0.2, -0.15) is 0 Å². The van der Waals surface area contributed by atoms with Gasteiger partial charge in [0.2, 0.25) is 5.91 Å². The maximum Gasteiger partial charge on any atom is 0.261 e. The van der Waals surface area contributed by atoms with Gasteiger partial charge in [-0.15, -0.1) is 11.3 Å². The van der Waals surface area contributed by atoms with E-state index in [4.69, 9.17) is 0 Å². The molecule has 1 saturated heterocycles. The molecule has 1 aliphatic rings. The topological polar surface area (TPSA) is 49.4 Å². The van der Waals surface area contributed by atoms with E-state index in [-0.39, 0.29) is 24.4 Å². The van der Waals surface area contributed by atoms with Crippen molar-refractivity contribution in [3.05, 3.63) is 56.2 Å². The molecule has 6 heteroatoms. The van der Waals surface area contributed by atoms with Crippen LogP contribution in [0.1, 0.15) is 39.7 Å². The lowest BCUT2D eigenvalue weighted by molar-refractivity contribution is -0.131. The minimum Gasteiger partial charge on any atom is -0.342 e. The molecule has 1 N–H and O–H groups in total. The summed E-state index contributed by atoms with van der Waals surface area (Å²) in [6.45, 7) is 2.86. The number of nitrogens with zero attached hydrogens (tertiary/aromatic N) is 1. The number of amides is 2. The third-order valence-electron chi connectivity index (χ3n) is 4.32. The fourth-order valence-electron chi connectivity index (χ4n) is 3.13. The summed E-state index contributed by atoms with van der Waals surface area (Å²) in [4.78, 5) is 27.2. The van der Waals surface area contributed by atoms with Crippen molar-refractivity contribution in [2.75, 3.05) is 13.1 Å². The Balaban J connectivity index is 1.64. The molecular weight excluding hydrogens is 388 g/mol. The van der Waals surface area contributed by atoms with E-state index in [1.165, 1.54) is 22.5 Å². The second kappa shape index (κ2) is 7.49. The van der Waals surface area contributed by atoms with Gasteiger partial charge in [0.15, 0.2) is 0 Å². The van der Waals surface area contributed by atoms with E-state index in [0.29, 0.717) is 4.88 Å². The van der Waals surface area contributed by atoms with E-state index in [1.807, 2.05) is 23.1 Å². The maximum absolute atomic E-state index is 12.6. The van der Waals surface area contributed by atoms with Gasteiger partial charge in [0.1, 0.15) is 0 Å². The molecule has 0 radical (unpaired) electrons. The Labute approximate surface area is 154 Å². The van der Waals surface area contributed by atoms with E-state index >= 15 is 0 Å². The van der Waals surface area contributed by atoms with E-state index in [9.17, 15) is 9.59 Å². The number of carbonyl (C=O) groups is 2. The summed E-state index contributed by atoms with van der Waals surface area (Å²) in [7, 11) is 0. The third-order valence-corrected chi connectivity index (χ3v) is 5.94. The molecule has 4 nitrogen and oxygen atoms in total. The second-order valence-electron chi connectivity index (χ2n) is 5.89. The van der Waals surface area contributed by atoms with Gasteiger partial charge in [-0.3, -0.25) is 9.59 Å². The van der Waals surface area contributed by atoms with Crippen LogP contribution in [0.5, 0.6) is 0 Å². The van der Waals surface area contributed by atoms with E-state index in [0.717, 1.165) is 23.2 Å². The summed E-state index contributed by atoms with van der Waals surface area (Å²) in [5, 5.41) is 2.74. The molecular formula is C18H19BrN2O2S. The van der Waals surface area contributed by atoms with Crippen molar-refractivity contribution < 1.29 is 9.59 Å². The fourth-order valence-corrected chi connectivity index (χ4v) is 4.43. The molecule has 1 unspecified atom stereocenters. The van der Waals surface area contributed by atoms with Gasteiger partial charge < -0.3 is 10.2 Å². The fraction of sp³-hybridized carbons (Fsp3) is 0.333. The lowest BCUT2D eigenvalue weighted by atomic mass is 9.99. The Morgan fingerprint density at radius 3 is 2.79 bits per heavy atom. The van der Waals surface area contributed by atoms with Crippen LogP contribution in [-0.2, 0) is 4.79 Å². The van der Waals surface area contributed by atoms with Crippen molar-refractivity contribution in [2.45, 2.75) is 25.8 Å². The van der Waals surface area contributed by atoms with E-state index in [2.05, 4.69) is 40.3 Å². The lowest BCUT2D eigenvalue weighted by Crippen LogP contribution is -2.39. The van der Waals surface area contributed by atoms with E-state index < -0.39 is 0 Å². The van der Waals surface area contributed by atoms with Gasteiger partial charge >= 0.3 is 0 Å². The second-order valence-corrected chi connectivity index (χ2v) is 8.35. The first kappa shape index (κ1) is 17.2. The van der Waals surface area contributed by atoms with Crippen LogP contribution in [0.4, 0.5) is 0 Å². The number of likely N-dealkylation sites (tertiary alicyclic amines) is 1. The van der Waals surface area contributed by atoms with Gasteiger partial charge in [0.25, 0.3) is 5.91 Å². The molecule has 1 aromatic heterocycles. The van der Waals surface area contributed by atoms with Crippen LogP contribution >= 0.6 is 27.3 Å². The zero-order valence-electron chi connectivity index (χ0n) is 13.4. The zero-order valence-corrected chi connectivity index (χ0v) is 15.8. The number of benzene rings is 1. The molecule has 2 heterocycles. The number of rotatable bonds is 4. The average molecular weight is 407 g/mol. The highest BCUT2D eigenvalue weighted by Crippen LogP contribution is 2.33. The summed E-state index contributed by atoms with van der Waals surface area (Å²) >= 11 is 4.70. The molecule has 0 bridgehead atoms. The largest absolute Gasteiger partial charge is 0.342 e. The van der Waals surface area contributed by atoms with Gasteiger partial charge in [-0.25, -0.2) is 0 Å². The molecule has 3 rings (SSSR count). The molecule has 24 heavy (non-hydrogen) atoms. The van der Waals surface area contributed by atoms with Gasteiger partial charge in [0.05, 0.1) is 21.3 Å². The lowest BCUT2D eigenvalue weighted by Gasteiger charge is -2.26. The predicted molar refractivity (Wildman–Crippen MR) is 99.2 cm³/mol. The van der Waals surface area contributed by atoms with Crippen LogP contribution in [0.15, 0.2) is 40.2 Å². The first-order chi connectivity index (χ1) is 11.6. The zero-order chi connectivity index (χ0) is 17.1. The number of nitrogens with one attached hydrogen (secondary N) is 1. The number of hydrogen-bond acceptors (Lipinski definition) is 3. The first-order valence-electron chi connectivity index (χ1n) is 7.95. The van der Waals surface area contributed by atoms with Crippen molar-refractivity contribution in [3.63, 3.8) is 0 Å². The van der Waals surface area contributed by atoms with E-state index in [1.54, 1.807) is 6.07 Å². The van der Waals surface area contributed by atoms with Gasteiger partial charge in [-0.1, -0.05) is 24.3 Å². The monoisotopic (exact) mass is 406 g/mol. The number of carbonyl (C=O) groups excluding carboxylic acids is 2. The molecule has 2 amide bonds. The maximum atomic E-state index is 12.6. The van der Waals surface area contributed by atoms with Crippen LogP contribution in [0.2, 0.25) is 0 Å². The Kier molecular flexibility index (Phi) is 5.36. The van der Waals surface area contributed by atoms with Crippen molar-refractivity contribution in [3.8, 4) is 0 Å². The van der Waals surface area contributed by atoms with Crippen LogP contribution < -0.4 is 5.32 Å². The van der Waals surface area contributed by atoms with Crippen LogP contribution in [0, 0.1) is 6.92 Å². The highest BCUT2D eigenvalue weighted by molar-refractivity contribution is 9.11. The minimum atomic E-state index is -0.203. The summed E-state index contributed by atoms with van der Waals surface area (Å²) in [5.41, 5.74) is 2.41. The number of halogens is 1. The van der Waals surface area contributed by atoms with Crippen LogP contribution in [0.3, 0.4) is 0 Å². The third kappa shape index (κ3) is 3.70. The van der Waals surface area contributed by atoms with Crippen LogP contribution in [0.25, 0.3) is 0 Å². The number of thiophene rings is 1. The minimum absolute atomic E-state index is 0.0234. The highest BCUT2D eigenvalue weighted by Gasteiger charge is 2.30. The van der Waals surface area contributed by atoms with Gasteiger partial charge in [0, 0.05) is 6.54 Å². The molecule has 0 spiro atoms. The van der Waals surface area contributed by atoms with Crippen LogP contribution in [-0.4, -0.2) is 29.8 Å². The molecule has 1 aliphatic heterocycles. The highest BCUT2D eigenvalue weighted by atomic mass is 79.9. The Morgan fingerprint density at radius 1 is 1.29 bits per heavy atom. The molecule has 1 fully saturated rings. The molecule has 126 valence electrons. The molecule has 2 aromatic rings. The SMILES string of the molecule is Cc1ccccc1C1CCCN1C(=O)CNC(=O)c1ccc(Br)s1. The molecule has 0 aliphatic carbocycles. The number of aryl methyl sites for hydroxylation is 1. The normalized spacial score (nSPS) is 17.1. The number of hydrogen-bond donors (Lipinski definition) is 1. The van der Waals surface area contributed by atoms with Crippen molar-refractivity contribution in [1.82, 2.24) is 10.2 Å². The van der Waals surface area contributed by atoms with Crippen molar-refractivity contribution in [2.24, 2.45) is 0 Å².